The van der Waals surface area contributed by atoms with Crippen molar-refractivity contribution in [1.82, 2.24) is 0 Å². The monoisotopic (exact) mass is 249 g/mol. The molecule has 0 aromatic heterocycles. The predicted molar refractivity (Wildman–Crippen MR) is 75.9 cm³/mol. The average molecular weight is 249 g/mol. The second-order valence-electron chi connectivity index (χ2n) is 5.21. The lowest BCUT2D eigenvalue weighted by Gasteiger charge is -2.24. The minimum atomic E-state index is 0.343. The molecule has 2 nitrogen and oxygen atoms in total. The van der Waals surface area contributed by atoms with Crippen molar-refractivity contribution in [2.45, 2.75) is 18.3 Å². The molecule has 0 amide bonds. The lowest BCUT2D eigenvalue weighted by Crippen LogP contribution is -2.22. The first-order valence-corrected chi connectivity index (χ1v) is 6.78. The molecule has 2 aliphatic heterocycles. The van der Waals surface area contributed by atoms with Crippen LogP contribution in [0, 0.1) is 0 Å². The summed E-state index contributed by atoms with van der Waals surface area (Å²) in [4.78, 5) is 4.66. The van der Waals surface area contributed by atoms with E-state index in [4.69, 9.17) is 4.74 Å². The molecule has 0 saturated carbocycles. The summed E-state index contributed by atoms with van der Waals surface area (Å²) in [5.74, 6) is 2.74. The maximum Gasteiger partial charge on any atom is 0.197 e. The van der Waals surface area contributed by atoms with E-state index < -0.39 is 0 Å². The molecular formula is C17H15NO. The van der Waals surface area contributed by atoms with Gasteiger partial charge in [-0.1, -0.05) is 48.5 Å². The zero-order chi connectivity index (χ0) is 12.7. The second kappa shape index (κ2) is 4.23. The van der Waals surface area contributed by atoms with Gasteiger partial charge in [0.15, 0.2) is 5.90 Å². The summed E-state index contributed by atoms with van der Waals surface area (Å²) < 4.78 is 5.85. The molecule has 2 unspecified atom stereocenters. The lowest BCUT2D eigenvalue weighted by molar-refractivity contribution is 0.506. The van der Waals surface area contributed by atoms with Crippen LogP contribution in [0.25, 0.3) is 0 Å². The Bertz CT molecular complexity index is 633. The van der Waals surface area contributed by atoms with Crippen LogP contribution in [0.4, 0.5) is 0 Å². The molecule has 19 heavy (non-hydrogen) atoms. The van der Waals surface area contributed by atoms with Crippen molar-refractivity contribution in [3.05, 3.63) is 65.7 Å². The number of ether oxygens (including phenoxy) is 1. The van der Waals surface area contributed by atoms with Crippen molar-refractivity contribution in [2.24, 2.45) is 4.99 Å². The molecule has 2 aromatic carbocycles. The largest absolute Gasteiger partial charge is 0.442 e. The molecule has 0 aliphatic carbocycles. The van der Waals surface area contributed by atoms with Crippen molar-refractivity contribution < 1.29 is 4.74 Å². The summed E-state index contributed by atoms with van der Waals surface area (Å²) in [6.07, 6.45) is 1.10. The van der Waals surface area contributed by atoms with Crippen molar-refractivity contribution >= 4 is 5.90 Å². The van der Waals surface area contributed by atoms with Gasteiger partial charge in [0, 0.05) is 18.0 Å². The molecule has 4 rings (SSSR count). The van der Waals surface area contributed by atoms with Gasteiger partial charge in [0.05, 0.1) is 5.92 Å². The van der Waals surface area contributed by atoms with Crippen LogP contribution >= 0.6 is 0 Å². The van der Waals surface area contributed by atoms with Crippen LogP contribution in [-0.2, 0) is 0 Å². The summed E-state index contributed by atoms with van der Waals surface area (Å²) >= 11 is 0. The molecular weight excluding hydrogens is 234 g/mol. The molecule has 0 bridgehead atoms. The first kappa shape index (κ1) is 10.8. The number of aliphatic imine (C=N–C) groups is 1. The van der Waals surface area contributed by atoms with Crippen LogP contribution in [0.1, 0.15) is 29.4 Å². The van der Waals surface area contributed by atoms with E-state index in [9.17, 15) is 0 Å². The van der Waals surface area contributed by atoms with E-state index in [-0.39, 0.29) is 0 Å². The molecule has 2 atom stereocenters. The van der Waals surface area contributed by atoms with Crippen molar-refractivity contribution in [3.8, 4) is 5.75 Å². The van der Waals surface area contributed by atoms with Gasteiger partial charge in [0.25, 0.3) is 0 Å². The summed E-state index contributed by atoms with van der Waals surface area (Å²) in [6.45, 7) is 0.837. The highest BCUT2D eigenvalue weighted by Gasteiger charge is 2.36. The fourth-order valence-corrected chi connectivity index (χ4v) is 3.07. The third-order valence-electron chi connectivity index (χ3n) is 4.07. The van der Waals surface area contributed by atoms with Crippen LogP contribution in [0.5, 0.6) is 5.75 Å². The second-order valence-corrected chi connectivity index (χ2v) is 5.21. The fraction of sp³-hybridized carbons (Fsp3) is 0.235. The minimum Gasteiger partial charge on any atom is -0.442 e. The van der Waals surface area contributed by atoms with Gasteiger partial charge in [0.2, 0.25) is 0 Å². The Morgan fingerprint density at radius 2 is 1.74 bits per heavy atom. The highest BCUT2D eigenvalue weighted by Crippen LogP contribution is 2.43. The highest BCUT2D eigenvalue weighted by atomic mass is 16.5. The maximum absolute atomic E-state index is 5.85. The molecule has 94 valence electrons. The average Bonchev–Trinajstić information content (AvgIpc) is 2.86. The number of para-hydroxylation sites is 1. The first-order valence-electron chi connectivity index (χ1n) is 6.78. The molecule has 0 saturated heterocycles. The van der Waals surface area contributed by atoms with Gasteiger partial charge < -0.3 is 4.74 Å². The van der Waals surface area contributed by atoms with E-state index in [1.807, 2.05) is 12.1 Å². The van der Waals surface area contributed by atoms with Gasteiger partial charge in [-0.2, -0.15) is 0 Å². The molecule has 2 heteroatoms. The summed E-state index contributed by atoms with van der Waals surface area (Å²) in [7, 11) is 0. The predicted octanol–water partition coefficient (Wildman–Crippen LogP) is 3.75. The van der Waals surface area contributed by atoms with Gasteiger partial charge in [-0.25, -0.2) is 0 Å². The number of fused-ring (bicyclic) bond motifs is 3. The van der Waals surface area contributed by atoms with Crippen molar-refractivity contribution in [3.63, 3.8) is 0 Å². The summed E-state index contributed by atoms with van der Waals surface area (Å²) in [6, 6.07) is 19.0. The van der Waals surface area contributed by atoms with Crippen LogP contribution in [0.15, 0.2) is 59.6 Å². The molecule has 0 radical (unpaired) electrons. The van der Waals surface area contributed by atoms with Crippen LogP contribution in [-0.4, -0.2) is 12.4 Å². The number of hydrogen-bond acceptors (Lipinski definition) is 2. The highest BCUT2D eigenvalue weighted by molar-refractivity contribution is 5.91. The molecule has 0 spiro atoms. The Labute approximate surface area is 112 Å². The fourth-order valence-electron chi connectivity index (χ4n) is 3.07. The minimum absolute atomic E-state index is 0.343. The Morgan fingerprint density at radius 3 is 2.63 bits per heavy atom. The third-order valence-corrected chi connectivity index (χ3v) is 4.07. The van der Waals surface area contributed by atoms with E-state index in [1.54, 1.807) is 0 Å². The Morgan fingerprint density at radius 1 is 0.947 bits per heavy atom. The maximum atomic E-state index is 5.85. The normalized spacial score (nSPS) is 24.1. The molecule has 2 heterocycles. The Hall–Kier alpha value is -2.09. The Kier molecular flexibility index (Phi) is 2.41. The lowest BCUT2D eigenvalue weighted by atomic mass is 9.84. The van der Waals surface area contributed by atoms with Crippen LogP contribution < -0.4 is 4.74 Å². The topological polar surface area (TPSA) is 21.6 Å². The number of benzene rings is 2. The van der Waals surface area contributed by atoms with Gasteiger partial charge in [-0.15, -0.1) is 0 Å². The van der Waals surface area contributed by atoms with Crippen molar-refractivity contribution in [2.75, 3.05) is 6.54 Å². The summed E-state index contributed by atoms with van der Waals surface area (Å²) in [5, 5.41) is 0. The molecule has 0 N–H and O–H groups in total. The molecule has 0 fully saturated rings. The quantitative estimate of drug-likeness (QED) is 0.754. The van der Waals surface area contributed by atoms with Gasteiger partial charge in [-0.3, -0.25) is 4.99 Å². The SMILES string of the molecule is c1ccc(C2CN=C3Oc4ccccc4C3C2)cc1. The zero-order valence-electron chi connectivity index (χ0n) is 10.6. The third kappa shape index (κ3) is 1.75. The van der Waals surface area contributed by atoms with E-state index >= 15 is 0 Å². The molecule has 2 aromatic rings. The van der Waals surface area contributed by atoms with E-state index in [1.165, 1.54) is 11.1 Å². The standard InChI is InChI=1S/C17H15NO/c1-2-6-12(7-3-1)13-10-15-14-8-4-5-9-16(14)19-17(15)18-11-13/h1-9,13,15H,10-11H2. The first-order chi connectivity index (χ1) is 9.42. The molecule has 2 aliphatic rings. The summed E-state index contributed by atoms with van der Waals surface area (Å²) in [5.41, 5.74) is 2.68. The van der Waals surface area contributed by atoms with Gasteiger partial charge >= 0.3 is 0 Å². The van der Waals surface area contributed by atoms with Crippen LogP contribution in [0.2, 0.25) is 0 Å². The van der Waals surface area contributed by atoms with E-state index in [0.717, 1.165) is 24.6 Å². The van der Waals surface area contributed by atoms with Gasteiger partial charge in [-0.05, 0) is 18.1 Å². The Balaban J connectivity index is 1.68. The van der Waals surface area contributed by atoms with Crippen LogP contribution in [0.3, 0.4) is 0 Å². The number of nitrogens with zero attached hydrogens (tertiary/aromatic N) is 1. The van der Waals surface area contributed by atoms with E-state index in [0.29, 0.717) is 11.8 Å². The number of rotatable bonds is 1. The van der Waals surface area contributed by atoms with Gasteiger partial charge in [0.1, 0.15) is 5.75 Å². The smallest absolute Gasteiger partial charge is 0.197 e. The zero-order valence-corrected chi connectivity index (χ0v) is 10.6. The number of hydrogen-bond donors (Lipinski definition) is 0. The van der Waals surface area contributed by atoms with E-state index in [2.05, 4.69) is 47.5 Å². The van der Waals surface area contributed by atoms with Crippen molar-refractivity contribution in [1.29, 1.82) is 0 Å².